The van der Waals surface area contributed by atoms with Crippen molar-refractivity contribution < 1.29 is 9.84 Å². The van der Waals surface area contributed by atoms with Gasteiger partial charge < -0.3 is 9.84 Å². The zero-order valence-electron chi connectivity index (χ0n) is 12.5. The Balaban J connectivity index is 2.08. The van der Waals surface area contributed by atoms with Gasteiger partial charge in [-0.25, -0.2) is 0 Å². The number of hydrogen-bond acceptors (Lipinski definition) is 4. The van der Waals surface area contributed by atoms with Crippen LogP contribution in [0.4, 0.5) is 0 Å². The molecule has 1 N–H and O–H groups in total. The van der Waals surface area contributed by atoms with Crippen LogP contribution >= 0.6 is 0 Å². The second kappa shape index (κ2) is 5.99. The van der Waals surface area contributed by atoms with Crippen LogP contribution in [-0.2, 0) is 0 Å². The monoisotopic (exact) mass is 295 g/mol. The molecule has 5 heteroatoms. The van der Waals surface area contributed by atoms with Gasteiger partial charge in [0, 0.05) is 0 Å². The van der Waals surface area contributed by atoms with Crippen molar-refractivity contribution in [3.63, 3.8) is 0 Å². The smallest absolute Gasteiger partial charge is 0.171 e. The zero-order chi connectivity index (χ0) is 15.5. The number of aromatic nitrogens is 3. The fourth-order valence-corrected chi connectivity index (χ4v) is 2.39. The highest BCUT2D eigenvalue weighted by Gasteiger charge is 2.19. The van der Waals surface area contributed by atoms with Crippen LogP contribution in [0.2, 0.25) is 0 Å². The summed E-state index contributed by atoms with van der Waals surface area (Å²) >= 11 is 0. The average molecular weight is 295 g/mol. The van der Waals surface area contributed by atoms with Gasteiger partial charge in [0.1, 0.15) is 18.2 Å². The van der Waals surface area contributed by atoms with Crippen molar-refractivity contribution in [2.24, 2.45) is 0 Å². The molecule has 0 saturated carbocycles. The van der Waals surface area contributed by atoms with E-state index in [9.17, 15) is 5.11 Å². The Bertz CT molecular complexity index is 769. The second-order valence-corrected chi connectivity index (χ2v) is 5.05. The molecule has 3 aromatic rings. The first kappa shape index (κ1) is 14.3. The maximum Gasteiger partial charge on any atom is 0.171 e. The predicted octanol–water partition coefficient (Wildman–Crippen LogP) is 2.67. The number of rotatable bonds is 4. The molecule has 0 amide bonds. The first-order valence-electron chi connectivity index (χ1n) is 6.98. The summed E-state index contributed by atoms with van der Waals surface area (Å²) in [5.74, 6) is 1.15. The third-order valence-corrected chi connectivity index (χ3v) is 3.53. The maximum absolute atomic E-state index is 10.6. The highest BCUT2D eigenvalue weighted by molar-refractivity contribution is 5.49. The number of aryl methyl sites for hydroxylation is 1. The first-order chi connectivity index (χ1) is 10.7. The zero-order valence-corrected chi connectivity index (χ0v) is 12.5. The Kier molecular flexibility index (Phi) is 3.89. The van der Waals surface area contributed by atoms with Crippen LogP contribution in [0.5, 0.6) is 5.75 Å². The highest BCUT2D eigenvalue weighted by Crippen LogP contribution is 2.28. The van der Waals surface area contributed by atoms with E-state index in [1.54, 1.807) is 18.0 Å². The summed E-state index contributed by atoms with van der Waals surface area (Å²) in [5, 5.41) is 18.6. The average Bonchev–Trinajstić information content (AvgIpc) is 3.04. The predicted molar refractivity (Wildman–Crippen MR) is 83.2 cm³/mol. The van der Waals surface area contributed by atoms with E-state index in [1.807, 2.05) is 55.5 Å². The summed E-state index contributed by atoms with van der Waals surface area (Å²) in [6.07, 6.45) is 0.729. The topological polar surface area (TPSA) is 60.2 Å². The van der Waals surface area contributed by atoms with Gasteiger partial charge in [0.15, 0.2) is 5.82 Å². The molecule has 0 saturated heterocycles. The van der Waals surface area contributed by atoms with Gasteiger partial charge in [0.25, 0.3) is 0 Å². The lowest BCUT2D eigenvalue weighted by Gasteiger charge is -2.15. The van der Waals surface area contributed by atoms with Crippen molar-refractivity contribution in [3.8, 4) is 11.4 Å². The van der Waals surface area contributed by atoms with Gasteiger partial charge in [-0.05, 0) is 30.2 Å². The summed E-state index contributed by atoms with van der Waals surface area (Å²) in [7, 11) is 1.62. The SMILES string of the molecule is COc1ccc(C)cc1-n1cnnc1C(O)c1ccccc1. The lowest BCUT2D eigenvalue weighted by Crippen LogP contribution is -2.09. The van der Waals surface area contributed by atoms with Crippen molar-refractivity contribution in [1.29, 1.82) is 0 Å². The fourth-order valence-electron chi connectivity index (χ4n) is 2.39. The molecule has 1 atom stereocenters. The molecule has 5 nitrogen and oxygen atoms in total. The minimum atomic E-state index is -0.853. The molecule has 0 aliphatic heterocycles. The Morgan fingerprint density at radius 2 is 1.91 bits per heavy atom. The van der Waals surface area contributed by atoms with Crippen molar-refractivity contribution >= 4 is 0 Å². The number of nitrogens with zero attached hydrogens (tertiary/aromatic N) is 3. The standard InChI is InChI=1S/C17H17N3O2/c1-12-8-9-15(22-2)14(10-12)20-11-18-19-17(20)16(21)13-6-4-3-5-7-13/h3-11,16,21H,1-2H3. The molecule has 0 bridgehead atoms. The number of ether oxygens (including phenoxy) is 1. The maximum atomic E-state index is 10.6. The Morgan fingerprint density at radius 1 is 1.14 bits per heavy atom. The van der Waals surface area contributed by atoms with Crippen molar-refractivity contribution in [2.45, 2.75) is 13.0 Å². The summed E-state index contributed by atoms with van der Waals surface area (Å²) in [6, 6.07) is 15.2. The summed E-state index contributed by atoms with van der Waals surface area (Å²) in [6.45, 7) is 2.00. The molecular formula is C17H17N3O2. The van der Waals surface area contributed by atoms with E-state index in [1.165, 1.54) is 0 Å². The molecule has 0 aliphatic carbocycles. The second-order valence-electron chi connectivity index (χ2n) is 5.05. The lowest BCUT2D eigenvalue weighted by molar-refractivity contribution is 0.207. The van der Waals surface area contributed by atoms with Gasteiger partial charge in [-0.2, -0.15) is 0 Å². The number of benzene rings is 2. The number of aliphatic hydroxyl groups is 1. The van der Waals surface area contributed by atoms with E-state index in [2.05, 4.69) is 10.2 Å². The minimum absolute atomic E-state index is 0.454. The number of methoxy groups -OCH3 is 1. The Hall–Kier alpha value is -2.66. The van der Waals surface area contributed by atoms with Crippen molar-refractivity contribution in [2.75, 3.05) is 7.11 Å². The molecule has 1 aromatic heterocycles. The van der Waals surface area contributed by atoms with Crippen molar-refractivity contribution in [1.82, 2.24) is 14.8 Å². The third kappa shape index (κ3) is 2.58. The van der Waals surface area contributed by atoms with Crippen LogP contribution in [0.3, 0.4) is 0 Å². The molecule has 1 heterocycles. The molecule has 0 spiro atoms. The van der Waals surface area contributed by atoms with Gasteiger partial charge >= 0.3 is 0 Å². The third-order valence-electron chi connectivity index (χ3n) is 3.53. The van der Waals surface area contributed by atoms with E-state index < -0.39 is 6.10 Å². The van der Waals surface area contributed by atoms with E-state index in [-0.39, 0.29) is 0 Å². The summed E-state index contributed by atoms with van der Waals surface area (Å²) in [5.41, 5.74) is 2.66. The van der Waals surface area contributed by atoms with Crippen LogP contribution in [0.25, 0.3) is 5.69 Å². The van der Waals surface area contributed by atoms with Gasteiger partial charge in [-0.15, -0.1) is 10.2 Å². The Labute approximate surface area is 128 Å². The molecule has 0 fully saturated rings. The van der Waals surface area contributed by atoms with E-state index in [0.717, 1.165) is 16.8 Å². The van der Waals surface area contributed by atoms with Gasteiger partial charge in [0.2, 0.25) is 0 Å². The van der Waals surface area contributed by atoms with Crippen LogP contribution in [0.1, 0.15) is 23.1 Å². The fraction of sp³-hybridized carbons (Fsp3) is 0.176. The molecule has 112 valence electrons. The van der Waals surface area contributed by atoms with E-state index >= 15 is 0 Å². The van der Waals surface area contributed by atoms with Crippen LogP contribution in [0, 0.1) is 6.92 Å². The number of hydrogen-bond donors (Lipinski definition) is 1. The molecule has 1 unspecified atom stereocenters. The molecule has 3 rings (SSSR count). The van der Waals surface area contributed by atoms with Gasteiger partial charge in [-0.1, -0.05) is 36.4 Å². The number of aliphatic hydroxyl groups excluding tert-OH is 1. The quantitative estimate of drug-likeness (QED) is 0.804. The van der Waals surface area contributed by atoms with Crippen LogP contribution < -0.4 is 4.74 Å². The normalized spacial score (nSPS) is 12.1. The lowest BCUT2D eigenvalue weighted by atomic mass is 10.1. The summed E-state index contributed by atoms with van der Waals surface area (Å²) < 4.78 is 7.16. The summed E-state index contributed by atoms with van der Waals surface area (Å²) in [4.78, 5) is 0. The van der Waals surface area contributed by atoms with Crippen molar-refractivity contribution in [3.05, 3.63) is 71.8 Å². The molecule has 2 aromatic carbocycles. The van der Waals surface area contributed by atoms with E-state index in [4.69, 9.17) is 4.74 Å². The van der Waals surface area contributed by atoms with E-state index in [0.29, 0.717) is 11.6 Å². The van der Waals surface area contributed by atoms with Gasteiger partial charge in [-0.3, -0.25) is 4.57 Å². The molecular weight excluding hydrogens is 278 g/mol. The largest absolute Gasteiger partial charge is 0.495 e. The first-order valence-corrected chi connectivity index (χ1v) is 6.98. The Morgan fingerprint density at radius 3 is 2.64 bits per heavy atom. The van der Waals surface area contributed by atoms with Gasteiger partial charge in [0.05, 0.1) is 12.8 Å². The molecule has 22 heavy (non-hydrogen) atoms. The van der Waals surface area contributed by atoms with Crippen LogP contribution in [0.15, 0.2) is 54.9 Å². The molecule has 0 radical (unpaired) electrons. The minimum Gasteiger partial charge on any atom is -0.495 e. The van der Waals surface area contributed by atoms with Crippen LogP contribution in [-0.4, -0.2) is 27.0 Å². The molecule has 0 aliphatic rings. The highest BCUT2D eigenvalue weighted by atomic mass is 16.5.